The standard InChI is InChI=1S/C8H7ClO3/c1-5(10)12-7-4-2-3-6(9)8(7)11/h2-4,11H,1H3. The molecule has 4 heteroatoms. The first-order chi connectivity index (χ1) is 5.61. The number of phenolic OH excluding ortho intramolecular Hbond substituents is 1. The first-order valence-corrected chi connectivity index (χ1v) is 3.65. The van der Waals surface area contributed by atoms with Crippen molar-refractivity contribution < 1.29 is 14.6 Å². The molecule has 1 N–H and O–H groups in total. The van der Waals surface area contributed by atoms with Gasteiger partial charge in [-0.2, -0.15) is 0 Å². The largest absolute Gasteiger partial charge is 0.503 e. The van der Waals surface area contributed by atoms with Gasteiger partial charge in [-0.15, -0.1) is 0 Å². The average molecular weight is 187 g/mol. The molecule has 0 aromatic heterocycles. The van der Waals surface area contributed by atoms with Crippen LogP contribution in [0.1, 0.15) is 6.92 Å². The van der Waals surface area contributed by atoms with E-state index in [1.165, 1.54) is 19.1 Å². The van der Waals surface area contributed by atoms with Gasteiger partial charge in [-0.05, 0) is 12.1 Å². The summed E-state index contributed by atoms with van der Waals surface area (Å²) in [6.45, 7) is 1.25. The van der Waals surface area contributed by atoms with Crippen molar-refractivity contribution in [2.24, 2.45) is 0 Å². The first-order valence-electron chi connectivity index (χ1n) is 3.27. The van der Waals surface area contributed by atoms with E-state index < -0.39 is 5.97 Å². The number of rotatable bonds is 1. The summed E-state index contributed by atoms with van der Waals surface area (Å²) in [5.74, 6) is -0.628. The second-order valence-corrected chi connectivity index (χ2v) is 2.59. The van der Waals surface area contributed by atoms with Crippen LogP contribution in [-0.4, -0.2) is 11.1 Å². The topological polar surface area (TPSA) is 46.5 Å². The van der Waals surface area contributed by atoms with Crippen LogP contribution >= 0.6 is 11.6 Å². The fourth-order valence-corrected chi connectivity index (χ4v) is 0.899. The van der Waals surface area contributed by atoms with Gasteiger partial charge in [-0.1, -0.05) is 17.7 Å². The molecule has 0 aliphatic carbocycles. The molecule has 0 heterocycles. The van der Waals surface area contributed by atoms with Gasteiger partial charge < -0.3 is 9.84 Å². The third-order valence-electron chi connectivity index (χ3n) is 1.20. The second kappa shape index (κ2) is 3.45. The molecule has 0 fully saturated rings. The Bertz CT molecular complexity index is 309. The summed E-state index contributed by atoms with van der Waals surface area (Å²) in [6, 6.07) is 4.55. The van der Waals surface area contributed by atoms with E-state index in [1.54, 1.807) is 6.07 Å². The molecular weight excluding hydrogens is 180 g/mol. The molecule has 0 spiro atoms. The summed E-state index contributed by atoms with van der Waals surface area (Å²) >= 11 is 5.56. The number of carbonyl (C=O) groups excluding carboxylic acids is 1. The normalized spacial score (nSPS) is 9.50. The summed E-state index contributed by atoms with van der Waals surface area (Å²) in [5, 5.41) is 9.40. The summed E-state index contributed by atoms with van der Waals surface area (Å²) in [6.07, 6.45) is 0. The lowest BCUT2D eigenvalue weighted by molar-refractivity contribution is -0.132. The Morgan fingerprint density at radius 2 is 2.25 bits per heavy atom. The van der Waals surface area contributed by atoms with E-state index in [4.69, 9.17) is 11.6 Å². The lowest BCUT2D eigenvalue weighted by Crippen LogP contribution is -2.01. The summed E-state index contributed by atoms with van der Waals surface area (Å²) < 4.78 is 4.65. The molecule has 3 nitrogen and oxygen atoms in total. The SMILES string of the molecule is CC(=O)Oc1cccc(Cl)c1O. The predicted octanol–water partition coefficient (Wildman–Crippen LogP) is 1.97. The third kappa shape index (κ3) is 1.89. The van der Waals surface area contributed by atoms with Gasteiger partial charge in [0.05, 0.1) is 5.02 Å². The minimum atomic E-state index is -0.493. The van der Waals surface area contributed by atoms with E-state index >= 15 is 0 Å². The van der Waals surface area contributed by atoms with Gasteiger partial charge in [0.1, 0.15) is 0 Å². The number of ether oxygens (including phenoxy) is 1. The number of phenols is 1. The van der Waals surface area contributed by atoms with Crippen molar-refractivity contribution in [1.29, 1.82) is 0 Å². The molecule has 64 valence electrons. The molecule has 1 aromatic carbocycles. The van der Waals surface area contributed by atoms with E-state index in [1.807, 2.05) is 0 Å². The monoisotopic (exact) mass is 186 g/mol. The molecule has 0 bridgehead atoms. The van der Waals surface area contributed by atoms with Gasteiger partial charge in [0.2, 0.25) is 0 Å². The highest BCUT2D eigenvalue weighted by Gasteiger charge is 2.07. The van der Waals surface area contributed by atoms with E-state index in [2.05, 4.69) is 4.74 Å². The summed E-state index contributed by atoms with van der Waals surface area (Å²) in [7, 11) is 0. The summed E-state index contributed by atoms with van der Waals surface area (Å²) in [4.78, 5) is 10.5. The lowest BCUT2D eigenvalue weighted by atomic mass is 10.3. The minimum absolute atomic E-state index is 0.0787. The maximum absolute atomic E-state index is 10.5. The Labute approximate surface area is 74.5 Å². The van der Waals surface area contributed by atoms with Crippen LogP contribution < -0.4 is 4.74 Å². The highest BCUT2D eigenvalue weighted by atomic mass is 35.5. The smallest absolute Gasteiger partial charge is 0.308 e. The minimum Gasteiger partial charge on any atom is -0.503 e. The molecule has 0 aliphatic rings. The van der Waals surface area contributed by atoms with E-state index in [9.17, 15) is 9.90 Å². The van der Waals surface area contributed by atoms with Crippen molar-refractivity contribution in [3.8, 4) is 11.5 Å². The quantitative estimate of drug-likeness (QED) is 0.539. The lowest BCUT2D eigenvalue weighted by Gasteiger charge is -2.03. The zero-order valence-electron chi connectivity index (χ0n) is 6.37. The van der Waals surface area contributed by atoms with Crippen molar-refractivity contribution in [2.45, 2.75) is 6.92 Å². The molecule has 0 unspecified atom stereocenters. The zero-order chi connectivity index (χ0) is 9.14. The third-order valence-corrected chi connectivity index (χ3v) is 1.51. The van der Waals surface area contributed by atoms with Gasteiger partial charge in [-0.25, -0.2) is 0 Å². The molecular formula is C8H7ClO3. The van der Waals surface area contributed by atoms with Crippen LogP contribution in [0, 0.1) is 0 Å². The maximum atomic E-state index is 10.5. The number of carbonyl (C=O) groups is 1. The van der Waals surface area contributed by atoms with Crippen molar-refractivity contribution in [2.75, 3.05) is 0 Å². The fraction of sp³-hybridized carbons (Fsp3) is 0.125. The van der Waals surface area contributed by atoms with Crippen molar-refractivity contribution in [3.05, 3.63) is 23.2 Å². The van der Waals surface area contributed by atoms with Crippen LogP contribution in [0.15, 0.2) is 18.2 Å². The molecule has 0 saturated carbocycles. The van der Waals surface area contributed by atoms with Gasteiger partial charge in [0, 0.05) is 6.92 Å². The molecule has 0 aliphatic heterocycles. The van der Waals surface area contributed by atoms with E-state index in [0.29, 0.717) is 0 Å². The number of esters is 1. The molecule has 0 radical (unpaired) electrons. The van der Waals surface area contributed by atoms with Crippen LogP contribution in [0.3, 0.4) is 0 Å². The molecule has 0 atom stereocenters. The van der Waals surface area contributed by atoms with Crippen LogP contribution in [0.4, 0.5) is 0 Å². The molecule has 12 heavy (non-hydrogen) atoms. The van der Waals surface area contributed by atoms with Crippen LogP contribution in [0.25, 0.3) is 0 Å². The number of hydrogen-bond donors (Lipinski definition) is 1. The van der Waals surface area contributed by atoms with Gasteiger partial charge >= 0.3 is 5.97 Å². The zero-order valence-corrected chi connectivity index (χ0v) is 7.13. The van der Waals surface area contributed by atoms with Gasteiger partial charge in [0.15, 0.2) is 11.5 Å². The Kier molecular flexibility index (Phi) is 2.55. The van der Waals surface area contributed by atoms with Crippen molar-refractivity contribution in [1.82, 2.24) is 0 Å². The van der Waals surface area contributed by atoms with Crippen LogP contribution in [-0.2, 0) is 4.79 Å². The Balaban J connectivity index is 3.00. The number of benzene rings is 1. The number of aromatic hydroxyl groups is 1. The Morgan fingerprint density at radius 1 is 1.58 bits per heavy atom. The van der Waals surface area contributed by atoms with Crippen molar-refractivity contribution >= 4 is 17.6 Å². The number of halogens is 1. The van der Waals surface area contributed by atoms with Crippen LogP contribution in [0.2, 0.25) is 5.02 Å². The Morgan fingerprint density at radius 3 is 2.83 bits per heavy atom. The number of hydrogen-bond acceptors (Lipinski definition) is 3. The van der Waals surface area contributed by atoms with E-state index in [0.717, 1.165) is 0 Å². The number of para-hydroxylation sites is 1. The fourth-order valence-electron chi connectivity index (χ4n) is 0.733. The predicted molar refractivity (Wildman–Crippen MR) is 44.4 cm³/mol. The van der Waals surface area contributed by atoms with Gasteiger partial charge in [-0.3, -0.25) is 4.79 Å². The second-order valence-electron chi connectivity index (χ2n) is 2.18. The van der Waals surface area contributed by atoms with Crippen LogP contribution in [0.5, 0.6) is 11.5 Å². The maximum Gasteiger partial charge on any atom is 0.308 e. The van der Waals surface area contributed by atoms with Gasteiger partial charge in [0.25, 0.3) is 0 Å². The van der Waals surface area contributed by atoms with Crippen molar-refractivity contribution in [3.63, 3.8) is 0 Å². The highest BCUT2D eigenvalue weighted by Crippen LogP contribution is 2.32. The molecule has 0 saturated heterocycles. The Hall–Kier alpha value is -1.22. The first kappa shape index (κ1) is 8.87. The highest BCUT2D eigenvalue weighted by molar-refractivity contribution is 6.32. The molecule has 1 rings (SSSR count). The molecule has 1 aromatic rings. The summed E-state index contributed by atoms with van der Waals surface area (Å²) in [5.41, 5.74) is 0. The van der Waals surface area contributed by atoms with E-state index in [-0.39, 0.29) is 16.5 Å². The average Bonchev–Trinajstić information content (AvgIpc) is 1.98. The molecule has 0 amide bonds.